The minimum absolute atomic E-state index is 0.624. The molecular formula is C18H20N4S3. The second kappa shape index (κ2) is 7.23. The van der Waals surface area contributed by atoms with Crippen LogP contribution in [-0.4, -0.2) is 46.5 Å². The number of thioether (sulfide) groups is 2. The maximum Gasteiger partial charge on any atom is 0.227 e. The largest absolute Gasteiger partial charge is 0.324 e. The lowest BCUT2D eigenvalue weighted by Crippen LogP contribution is -2.22. The van der Waals surface area contributed by atoms with Crippen LogP contribution in [0.3, 0.4) is 0 Å². The SMILES string of the molecule is CN(C)CC1CC2=C(CSc3cnc(Nc4cccc(S)c4)nc32)S1. The van der Waals surface area contributed by atoms with Crippen LogP contribution in [0.25, 0.3) is 5.57 Å². The number of aromatic nitrogens is 2. The average Bonchev–Trinajstić information content (AvgIpc) is 2.97. The van der Waals surface area contributed by atoms with E-state index in [0.29, 0.717) is 11.2 Å². The molecule has 1 unspecified atom stereocenters. The minimum Gasteiger partial charge on any atom is -0.324 e. The Morgan fingerprint density at radius 3 is 3.04 bits per heavy atom. The highest BCUT2D eigenvalue weighted by Crippen LogP contribution is 2.49. The minimum atomic E-state index is 0.624. The van der Waals surface area contributed by atoms with Crippen LogP contribution in [0.15, 0.2) is 45.2 Å². The van der Waals surface area contributed by atoms with Gasteiger partial charge in [0.05, 0.1) is 10.6 Å². The molecule has 25 heavy (non-hydrogen) atoms. The van der Waals surface area contributed by atoms with Crippen molar-refractivity contribution >= 4 is 53.4 Å². The maximum atomic E-state index is 4.84. The van der Waals surface area contributed by atoms with Gasteiger partial charge in [0.15, 0.2) is 0 Å². The van der Waals surface area contributed by atoms with Crippen molar-refractivity contribution in [3.8, 4) is 0 Å². The van der Waals surface area contributed by atoms with Crippen LogP contribution in [0.5, 0.6) is 0 Å². The zero-order valence-electron chi connectivity index (χ0n) is 14.2. The number of hydrogen-bond acceptors (Lipinski definition) is 7. The van der Waals surface area contributed by atoms with E-state index in [9.17, 15) is 0 Å². The summed E-state index contributed by atoms with van der Waals surface area (Å²) in [4.78, 5) is 15.2. The van der Waals surface area contributed by atoms with Crippen LogP contribution in [0, 0.1) is 0 Å². The Balaban J connectivity index is 1.59. The number of hydrogen-bond donors (Lipinski definition) is 2. The summed E-state index contributed by atoms with van der Waals surface area (Å²) in [5.74, 6) is 1.70. The van der Waals surface area contributed by atoms with Gasteiger partial charge in [0.25, 0.3) is 0 Å². The summed E-state index contributed by atoms with van der Waals surface area (Å²) in [6, 6.07) is 7.90. The molecule has 4 rings (SSSR count). The molecule has 0 spiro atoms. The van der Waals surface area contributed by atoms with Gasteiger partial charge < -0.3 is 10.2 Å². The van der Waals surface area contributed by atoms with E-state index in [-0.39, 0.29) is 0 Å². The van der Waals surface area contributed by atoms with Crippen LogP contribution >= 0.6 is 36.2 Å². The Morgan fingerprint density at radius 1 is 1.36 bits per heavy atom. The molecule has 0 amide bonds. The van der Waals surface area contributed by atoms with Gasteiger partial charge in [-0.3, -0.25) is 0 Å². The van der Waals surface area contributed by atoms with Crippen molar-refractivity contribution in [1.82, 2.24) is 14.9 Å². The normalized spacial score (nSPS) is 19.1. The highest BCUT2D eigenvalue weighted by Gasteiger charge is 2.31. The van der Waals surface area contributed by atoms with Crippen molar-refractivity contribution in [1.29, 1.82) is 0 Å². The summed E-state index contributed by atoms with van der Waals surface area (Å²) in [5.41, 5.74) is 3.48. The molecule has 1 N–H and O–H groups in total. The number of nitrogens with one attached hydrogen (secondary N) is 1. The molecule has 130 valence electrons. The van der Waals surface area contributed by atoms with Crippen molar-refractivity contribution in [3.05, 3.63) is 41.1 Å². The number of thiol groups is 1. The van der Waals surface area contributed by atoms with Crippen LogP contribution in [0.2, 0.25) is 0 Å². The molecule has 0 saturated heterocycles. The Bertz CT molecular complexity index is 835. The van der Waals surface area contributed by atoms with E-state index in [1.54, 1.807) is 0 Å². The first-order chi connectivity index (χ1) is 12.1. The summed E-state index contributed by atoms with van der Waals surface area (Å²) < 4.78 is 0. The predicted octanol–water partition coefficient (Wildman–Crippen LogP) is 4.39. The van der Waals surface area contributed by atoms with E-state index in [2.05, 4.69) is 41.9 Å². The van der Waals surface area contributed by atoms with Gasteiger partial charge >= 0.3 is 0 Å². The third kappa shape index (κ3) is 3.84. The molecule has 0 saturated carbocycles. The van der Waals surface area contributed by atoms with Gasteiger partial charge in [0.2, 0.25) is 5.95 Å². The Morgan fingerprint density at radius 2 is 2.24 bits per heavy atom. The van der Waals surface area contributed by atoms with Crippen molar-refractivity contribution in [2.24, 2.45) is 0 Å². The molecule has 2 aliphatic rings. The molecule has 1 atom stereocenters. The van der Waals surface area contributed by atoms with E-state index in [4.69, 9.17) is 4.98 Å². The summed E-state index contributed by atoms with van der Waals surface area (Å²) in [6.07, 6.45) is 3.04. The number of benzene rings is 1. The first-order valence-corrected chi connectivity index (χ1v) is 10.5. The molecule has 2 aromatic rings. The van der Waals surface area contributed by atoms with Gasteiger partial charge in [-0.25, -0.2) is 9.97 Å². The maximum absolute atomic E-state index is 4.84. The Labute approximate surface area is 162 Å². The molecule has 1 aromatic carbocycles. The standard InChI is InChI=1S/C18H20N4S3/c1-22(2)9-13-7-14-16(25-13)10-24-15-8-19-18(21-17(14)15)20-11-4-3-5-12(23)6-11/h3-6,8,13,23H,7,9-10H2,1-2H3,(H,19,20,21). The number of fused-ring (bicyclic) bond motifs is 2. The molecule has 0 fully saturated rings. The van der Waals surface area contributed by atoms with Gasteiger partial charge in [0, 0.05) is 39.2 Å². The molecule has 2 aliphatic heterocycles. The monoisotopic (exact) mass is 388 g/mol. The number of nitrogens with zero attached hydrogens (tertiary/aromatic N) is 3. The lowest BCUT2D eigenvalue weighted by molar-refractivity contribution is 0.409. The Hall–Kier alpha value is -1.15. The van der Waals surface area contributed by atoms with E-state index < -0.39 is 0 Å². The molecular weight excluding hydrogens is 368 g/mol. The molecule has 0 bridgehead atoms. The summed E-state index contributed by atoms with van der Waals surface area (Å²) in [7, 11) is 4.28. The van der Waals surface area contributed by atoms with Crippen LogP contribution in [0.4, 0.5) is 11.6 Å². The predicted molar refractivity (Wildman–Crippen MR) is 111 cm³/mol. The van der Waals surface area contributed by atoms with E-state index in [0.717, 1.165) is 35.0 Å². The van der Waals surface area contributed by atoms with Gasteiger partial charge in [-0.05, 0) is 44.3 Å². The lowest BCUT2D eigenvalue weighted by atomic mass is 10.1. The van der Waals surface area contributed by atoms with Gasteiger partial charge in [-0.1, -0.05) is 6.07 Å². The third-order valence-electron chi connectivity index (χ3n) is 4.15. The van der Waals surface area contributed by atoms with E-state index in [1.807, 2.05) is 54.0 Å². The highest BCUT2D eigenvalue weighted by atomic mass is 32.2. The van der Waals surface area contributed by atoms with Crippen LogP contribution in [-0.2, 0) is 0 Å². The zero-order chi connectivity index (χ0) is 17.4. The Kier molecular flexibility index (Phi) is 4.99. The second-order valence-corrected chi connectivity index (χ2v) is 9.41. The van der Waals surface area contributed by atoms with Crippen LogP contribution in [0.1, 0.15) is 12.1 Å². The van der Waals surface area contributed by atoms with Crippen molar-refractivity contribution < 1.29 is 0 Å². The van der Waals surface area contributed by atoms with Crippen molar-refractivity contribution in [2.75, 3.05) is 31.7 Å². The average molecular weight is 389 g/mol. The quantitative estimate of drug-likeness (QED) is 0.757. The fourth-order valence-corrected chi connectivity index (χ4v) is 6.04. The fraction of sp³-hybridized carbons (Fsp3) is 0.333. The molecule has 0 aliphatic carbocycles. The molecule has 4 nitrogen and oxygen atoms in total. The fourth-order valence-electron chi connectivity index (χ4n) is 3.12. The molecule has 1 aromatic heterocycles. The second-order valence-electron chi connectivity index (χ2n) is 6.48. The summed E-state index contributed by atoms with van der Waals surface area (Å²) in [5, 5.41) is 3.92. The topological polar surface area (TPSA) is 41.1 Å². The molecule has 7 heteroatoms. The van der Waals surface area contributed by atoms with Gasteiger partial charge in [-0.15, -0.1) is 36.2 Å². The van der Waals surface area contributed by atoms with E-state index >= 15 is 0 Å². The number of anilines is 2. The highest BCUT2D eigenvalue weighted by molar-refractivity contribution is 8.07. The van der Waals surface area contributed by atoms with Crippen molar-refractivity contribution in [3.63, 3.8) is 0 Å². The summed E-state index contributed by atoms with van der Waals surface area (Å²) in [6.45, 7) is 1.10. The number of allylic oxidation sites excluding steroid dienone is 1. The number of rotatable bonds is 4. The van der Waals surface area contributed by atoms with Crippen LogP contribution < -0.4 is 5.32 Å². The van der Waals surface area contributed by atoms with Crippen molar-refractivity contribution in [2.45, 2.75) is 21.5 Å². The lowest BCUT2D eigenvalue weighted by Gasteiger charge is -2.17. The first-order valence-electron chi connectivity index (χ1n) is 8.18. The van der Waals surface area contributed by atoms with Gasteiger partial charge in [-0.2, -0.15) is 0 Å². The zero-order valence-corrected chi connectivity index (χ0v) is 16.7. The first kappa shape index (κ1) is 17.3. The summed E-state index contributed by atoms with van der Waals surface area (Å²) >= 11 is 8.26. The molecule has 0 radical (unpaired) electrons. The smallest absolute Gasteiger partial charge is 0.227 e. The third-order valence-corrected chi connectivity index (χ3v) is 6.98. The van der Waals surface area contributed by atoms with E-state index in [1.165, 1.54) is 15.4 Å². The molecule has 3 heterocycles. The van der Waals surface area contributed by atoms with Gasteiger partial charge in [0.1, 0.15) is 0 Å².